The van der Waals surface area contributed by atoms with Gasteiger partial charge in [0.2, 0.25) is 0 Å². The maximum atomic E-state index is 6.10. The lowest BCUT2D eigenvalue weighted by Gasteiger charge is -2.40. The summed E-state index contributed by atoms with van der Waals surface area (Å²) in [5.74, 6) is 1.64. The zero-order valence-electron chi connectivity index (χ0n) is 11.5. The maximum absolute atomic E-state index is 6.10. The number of anilines is 1. The lowest BCUT2D eigenvalue weighted by molar-refractivity contribution is 0.375. The Morgan fingerprint density at radius 1 is 1.37 bits per heavy atom. The summed E-state index contributed by atoms with van der Waals surface area (Å²) in [6.07, 6.45) is 2.76. The van der Waals surface area contributed by atoms with Crippen LogP contribution in [-0.4, -0.2) is 32.3 Å². The Morgan fingerprint density at radius 2 is 2.16 bits per heavy atom. The third kappa shape index (κ3) is 2.67. The molecule has 2 aliphatic rings. The van der Waals surface area contributed by atoms with Crippen LogP contribution in [0.15, 0.2) is 18.2 Å². The fraction of sp³-hybridized carbons (Fsp3) is 0.600. The van der Waals surface area contributed by atoms with E-state index in [9.17, 15) is 0 Å². The van der Waals surface area contributed by atoms with E-state index < -0.39 is 0 Å². The SMILES string of the molecule is COc1cc(N2CC(C3CC3)NCC2C)ccc1Cl. The van der Waals surface area contributed by atoms with Crippen molar-refractivity contribution in [3.05, 3.63) is 23.2 Å². The van der Waals surface area contributed by atoms with Crippen LogP contribution in [0.4, 0.5) is 5.69 Å². The van der Waals surface area contributed by atoms with Crippen LogP contribution >= 0.6 is 11.6 Å². The summed E-state index contributed by atoms with van der Waals surface area (Å²) in [5.41, 5.74) is 1.21. The van der Waals surface area contributed by atoms with Crippen LogP contribution in [0.1, 0.15) is 19.8 Å². The van der Waals surface area contributed by atoms with E-state index in [4.69, 9.17) is 16.3 Å². The Labute approximate surface area is 119 Å². The number of halogens is 1. The molecule has 104 valence electrons. The molecule has 0 amide bonds. The molecule has 3 nitrogen and oxygen atoms in total. The first-order valence-electron chi connectivity index (χ1n) is 7.02. The van der Waals surface area contributed by atoms with Crippen LogP contribution in [0.2, 0.25) is 5.02 Å². The first-order valence-corrected chi connectivity index (χ1v) is 7.40. The largest absolute Gasteiger partial charge is 0.495 e. The summed E-state index contributed by atoms with van der Waals surface area (Å²) < 4.78 is 5.32. The number of piperazine rings is 1. The molecule has 0 bridgehead atoms. The lowest BCUT2D eigenvalue weighted by atomic mass is 10.1. The van der Waals surface area contributed by atoms with Gasteiger partial charge >= 0.3 is 0 Å². The summed E-state index contributed by atoms with van der Waals surface area (Å²) in [4.78, 5) is 2.47. The predicted octanol–water partition coefficient (Wildman–Crippen LogP) is 2.93. The third-order valence-electron chi connectivity index (χ3n) is 4.26. The van der Waals surface area contributed by atoms with E-state index in [0.29, 0.717) is 17.1 Å². The van der Waals surface area contributed by atoms with Crippen molar-refractivity contribution in [1.82, 2.24) is 5.32 Å². The minimum atomic E-state index is 0.501. The van der Waals surface area contributed by atoms with Crippen molar-refractivity contribution in [2.75, 3.05) is 25.1 Å². The fourth-order valence-electron chi connectivity index (χ4n) is 2.89. The summed E-state index contributed by atoms with van der Waals surface area (Å²) >= 11 is 6.10. The molecular weight excluding hydrogens is 260 g/mol. The zero-order chi connectivity index (χ0) is 13.4. The van der Waals surface area contributed by atoms with Gasteiger partial charge in [-0.05, 0) is 37.8 Å². The number of hydrogen-bond donors (Lipinski definition) is 1. The molecule has 1 aliphatic carbocycles. The highest BCUT2D eigenvalue weighted by Gasteiger charge is 2.36. The maximum Gasteiger partial charge on any atom is 0.139 e. The van der Waals surface area contributed by atoms with Crippen molar-refractivity contribution in [1.29, 1.82) is 0 Å². The molecule has 1 saturated carbocycles. The van der Waals surface area contributed by atoms with Crippen molar-refractivity contribution in [3.63, 3.8) is 0 Å². The van der Waals surface area contributed by atoms with Crippen molar-refractivity contribution < 1.29 is 4.74 Å². The highest BCUT2D eigenvalue weighted by molar-refractivity contribution is 6.32. The molecule has 2 fully saturated rings. The summed E-state index contributed by atoms with van der Waals surface area (Å²) in [7, 11) is 1.67. The number of nitrogens with zero attached hydrogens (tertiary/aromatic N) is 1. The normalized spacial score (nSPS) is 27.4. The average molecular weight is 281 g/mol. The predicted molar refractivity (Wildman–Crippen MR) is 79.3 cm³/mol. The molecule has 1 aromatic carbocycles. The summed E-state index contributed by atoms with van der Waals surface area (Å²) in [6, 6.07) is 7.21. The first-order chi connectivity index (χ1) is 9.19. The van der Waals surface area contributed by atoms with E-state index in [2.05, 4.69) is 23.2 Å². The minimum Gasteiger partial charge on any atom is -0.495 e. The Morgan fingerprint density at radius 3 is 2.84 bits per heavy atom. The van der Waals surface area contributed by atoms with Crippen molar-refractivity contribution in [2.45, 2.75) is 31.8 Å². The molecule has 1 aromatic rings. The quantitative estimate of drug-likeness (QED) is 0.921. The Hall–Kier alpha value is -0.930. The first kappa shape index (κ1) is 13.1. The third-order valence-corrected chi connectivity index (χ3v) is 4.57. The van der Waals surface area contributed by atoms with Gasteiger partial charge in [0.1, 0.15) is 5.75 Å². The smallest absolute Gasteiger partial charge is 0.139 e. The Balaban J connectivity index is 1.82. The monoisotopic (exact) mass is 280 g/mol. The van der Waals surface area contributed by atoms with Gasteiger partial charge in [-0.15, -0.1) is 0 Å². The molecule has 1 aliphatic heterocycles. The molecule has 2 atom stereocenters. The van der Waals surface area contributed by atoms with Crippen LogP contribution in [0, 0.1) is 5.92 Å². The number of rotatable bonds is 3. The highest BCUT2D eigenvalue weighted by Crippen LogP contribution is 2.36. The van der Waals surface area contributed by atoms with Gasteiger partial charge in [0, 0.05) is 36.9 Å². The average Bonchev–Trinajstić information content (AvgIpc) is 3.24. The van der Waals surface area contributed by atoms with Gasteiger partial charge in [-0.1, -0.05) is 11.6 Å². The van der Waals surface area contributed by atoms with Crippen molar-refractivity contribution in [2.24, 2.45) is 5.92 Å². The van der Waals surface area contributed by atoms with Crippen LogP contribution in [0.3, 0.4) is 0 Å². The molecule has 19 heavy (non-hydrogen) atoms. The second-order valence-electron chi connectivity index (χ2n) is 5.67. The van der Waals surface area contributed by atoms with Crippen LogP contribution < -0.4 is 15.0 Å². The summed E-state index contributed by atoms with van der Waals surface area (Å²) in [6.45, 7) is 4.39. The lowest BCUT2D eigenvalue weighted by Crippen LogP contribution is -2.56. The summed E-state index contributed by atoms with van der Waals surface area (Å²) in [5, 5.41) is 4.35. The van der Waals surface area contributed by atoms with Crippen LogP contribution in [0.25, 0.3) is 0 Å². The number of hydrogen-bond acceptors (Lipinski definition) is 3. The van der Waals surface area contributed by atoms with E-state index in [1.807, 2.05) is 12.1 Å². The molecule has 3 rings (SSSR count). The standard InChI is InChI=1S/C15H21ClN2O/c1-10-8-17-14(11-3-4-11)9-18(10)12-5-6-13(16)15(7-12)19-2/h5-7,10-11,14,17H,3-4,8-9H2,1-2H3. The molecule has 0 aromatic heterocycles. The number of methoxy groups -OCH3 is 1. The molecule has 1 saturated heterocycles. The van der Waals surface area contributed by atoms with Gasteiger partial charge in [-0.25, -0.2) is 0 Å². The molecule has 0 radical (unpaired) electrons. The number of nitrogens with one attached hydrogen (secondary N) is 1. The van der Waals surface area contributed by atoms with Crippen molar-refractivity contribution in [3.8, 4) is 5.75 Å². The number of ether oxygens (including phenoxy) is 1. The fourth-order valence-corrected chi connectivity index (χ4v) is 3.08. The Bertz CT molecular complexity index is 461. The van der Waals surface area contributed by atoms with Gasteiger partial charge in [0.15, 0.2) is 0 Å². The van der Waals surface area contributed by atoms with Gasteiger partial charge in [0.25, 0.3) is 0 Å². The van der Waals surface area contributed by atoms with E-state index in [1.54, 1.807) is 7.11 Å². The zero-order valence-corrected chi connectivity index (χ0v) is 12.3. The van der Waals surface area contributed by atoms with Crippen molar-refractivity contribution >= 4 is 17.3 Å². The highest BCUT2D eigenvalue weighted by atomic mass is 35.5. The van der Waals surface area contributed by atoms with E-state index in [-0.39, 0.29) is 0 Å². The van der Waals surface area contributed by atoms with Gasteiger partial charge in [0.05, 0.1) is 12.1 Å². The molecule has 1 N–H and O–H groups in total. The van der Waals surface area contributed by atoms with E-state index >= 15 is 0 Å². The minimum absolute atomic E-state index is 0.501. The second-order valence-corrected chi connectivity index (χ2v) is 6.08. The Kier molecular flexibility index (Phi) is 3.59. The van der Waals surface area contributed by atoms with Gasteiger partial charge < -0.3 is 15.0 Å². The number of benzene rings is 1. The molecule has 4 heteroatoms. The van der Waals surface area contributed by atoms with E-state index in [0.717, 1.165) is 24.8 Å². The second kappa shape index (κ2) is 5.22. The van der Waals surface area contributed by atoms with Crippen LogP contribution in [-0.2, 0) is 0 Å². The van der Waals surface area contributed by atoms with E-state index in [1.165, 1.54) is 18.5 Å². The molecule has 0 spiro atoms. The molecular formula is C15H21ClN2O. The van der Waals surface area contributed by atoms with Crippen LogP contribution in [0.5, 0.6) is 5.75 Å². The molecule has 2 unspecified atom stereocenters. The van der Waals surface area contributed by atoms with Gasteiger partial charge in [-0.2, -0.15) is 0 Å². The van der Waals surface area contributed by atoms with Gasteiger partial charge in [-0.3, -0.25) is 0 Å². The molecule has 1 heterocycles. The topological polar surface area (TPSA) is 24.5 Å².